The molecule has 0 amide bonds. The third-order valence-corrected chi connectivity index (χ3v) is 4.53. The molecule has 1 aliphatic rings. The molecule has 0 atom stereocenters. The van der Waals surface area contributed by atoms with Crippen molar-refractivity contribution in [1.29, 1.82) is 0 Å². The van der Waals surface area contributed by atoms with E-state index >= 15 is 0 Å². The fourth-order valence-electron chi connectivity index (χ4n) is 2.49. The molecule has 0 spiro atoms. The van der Waals surface area contributed by atoms with Gasteiger partial charge in [-0.2, -0.15) is 4.98 Å². The Bertz CT molecular complexity index is 540. The number of thiophene rings is 1. The summed E-state index contributed by atoms with van der Waals surface area (Å²) >= 11 is 1.76. The highest BCUT2D eigenvalue weighted by Gasteiger charge is 2.35. The van der Waals surface area contributed by atoms with Gasteiger partial charge in [-0.15, -0.1) is 11.3 Å². The zero-order chi connectivity index (χ0) is 12.6. The number of nitrogens with two attached hydrogens (primary N) is 1. The second kappa shape index (κ2) is 4.48. The van der Waals surface area contributed by atoms with Crippen LogP contribution in [0.4, 0.5) is 0 Å². The zero-order valence-corrected chi connectivity index (χ0v) is 11.3. The van der Waals surface area contributed by atoms with Crippen molar-refractivity contribution >= 4 is 11.3 Å². The Balaban J connectivity index is 1.77. The topological polar surface area (TPSA) is 64.9 Å². The molecule has 18 heavy (non-hydrogen) atoms. The Morgan fingerprint density at radius 1 is 1.39 bits per heavy atom. The lowest BCUT2D eigenvalue weighted by molar-refractivity contribution is 0.352. The molecule has 2 aromatic rings. The number of hydrogen-bond acceptors (Lipinski definition) is 5. The molecular weight excluding hydrogens is 246 g/mol. The van der Waals surface area contributed by atoms with Crippen LogP contribution in [0.2, 0.25) is 0 Å². The maximum absolute atomic E-state index is 6.31. The van der Waals surface area contributed by atoms with Crippen molar-refractivity contribution in [3.63, 3.8) is 0 Å². The van der Waals surface area contributed by atoms with Crippen molar-refractivity contribution in [3.05, 3.63) is 33.6 Å². The molecule has 2 N–H and O–H groups in total. The molecule has 0 saturated heterocycles. The van der Waals surface area contributed by atoms with E-state index in [0.717, 1.165) is 25.7 Å². The Kier molecular flexibility index (Phi) is 2.95. The lowest BCUT2D eigenvalue weighted by Crippen LogP contribution is -2.34. The van der Waals surface area contributed by atoms with E-state index in [9.17, 15) is 0 Å². The summed E-state index contributed by atoms with van der Waals surface area (Å²) in [6, 6.07) is 4.22. The van der Waals surface area contributed by atoms with E-state index in [-0.39, 0.29) is 5.54 Å². The lowest BCUT2D eigenvalue weighted by Gasteiger charge is -2.17. The summed E-state index contributed by atoms with van der Waals surface area (Å²) in [5.74, 6) is 1.35. The standard InChI is InChI=1S/C13H17N3OS/c1-9-4-5-10(18-9)8-11-15-12(16-17-11)13(14)6-2-3-7-13/h4-5H,2-3,6-8,14H2,1H3. The highest BCUT2D eigenvalue weighted by molar-refractivity contribution is 7.11. The molecule has 3 rings (SSSR count). The van der Waals surface area contributed by atoms with E-state index in [1.54, 1.807) is 11.3 Å². The number of nitrogens with zero attached hydrogens (tertiary/aromatic N) is 2. The average molecular weight is 263 g/mol. The van der Waals surface area contributed by atoms with Gasteiger partial charge in [-0.1, -0.05) is 18.0 Å². The Labute approximate surface area is 110 Å². The Hall–Kier alpha value is -1.20. The number of aryl methyl sites for hydroxylation is 1. The molecule has 0 aromatic carbocycles. The maximum atomic E-state index is 6.31. The summed E-state index contributed by atoms with van der Waals surface area (Å²) in [5.41, 5.74) is 5.95. The van der Waals surface area contributed by atoms with Gasteiger partial charge in [0.1, 0.15) is 0 Å². The van der Waals surface area contributed by atoms with E-state index in [2.05, 4.69) is 29.2 Å². The third kappa shape index (κ3) is 2.20. The van der Waals surface area contributed by atoms with Crippen LogP contribution in [-0.4, -0.2) is 10.1 Å². The molecule has 1 aliphatic carbocycles. The predicted octanol–water partition coefficient (Wildman–Crippen LogP) is 2.76. The summed E-state index contributed by atoms with van der Waals surface area (Å²) in [6.07, 6.45) is 4.95. The van der Waals surface area contributed by atoms with Gasteiger partial charge in [0.25, 0.3) is 0 Å². The summed E-state index contributed by atoms with van der Waals surface area (Å²) in [7, 11) is 0. The molecule has 0 bridgehead atoms. The van der Waals surface area contributed by atoms with Gasteiger partial charge in [0.05, 0.1) is 12.0 Å². The monoisotopic (exact) mass is 263 g/mol. The molecule has 4 nitrogen and oxygen atoms in total. The van der Waals surface area contributed by atoms with E-state index in [0.29, 0.717) is 18.1 Å². The first-order valence-corrected chi connectivity index (χ1v) is 7.15. The molecule has 0 radical (unpaired) electrons. The maximum Gasteiger partial charge on any atom is 0.231 e. The number of hydrogen-bond donors (Lipinski definition) is 1. The third-order valence-electron chi connectivity index (χ3n) is 3.53. The van der Waals surface area contributed by atoms with Crippen LogP contribution in [0.25, 0.3) is 0 Å². The molecule has 5 heteroatoms. The first-order chi connectivity index (χ1) is 8.66. The molecule has 2 aromatic heterocycles. The quantitative estimate of drug-likeness (QED) is 0.924. The van der Waals surface area contributed by atoms with Gasteiger partial charge in [0, 0.05) is 9.75 Å². The highest BCUT2D eigenvalue weighted by Crippen LogP contribution is 2.34. The van der Waals surface area contributed by atoms with Crippen LogP contribution in [0.15, 0.2) is 16.7 Å². The average Bonchev–Trinajstić information content (AvgIpc) is 3.02. The van der Waals surface area contributed by atoms with E-state index in [4.69, 9.17) is 10.3 Å². The fourth-order valence-corrected chi connectivity index (χ4v) is 3.37. The summed E-state index contributed by atoms with van der Waals surface area (Å²) < 4.78 is 5.32. The highest BCUT2D eigenvalue weighted by atomic mass is 32.1. The van der Waals surface area contributed by atoms with Gasteiger partial charge in [-0.25, -0.2) is 0 Å². The normalized spacial score (nSPS) is 18.3. The molecule has 0 unspecified atom stereocenters. The molecule has 2 heterocycles. The lowest BCUT2D eigenvalue weighted by atomic mass is 9.99. The van der Waals surface area contributed by atoms with Gasteiger partial charge in [-0.3, -0.25) is 0 Å². The number of rotatable bonds is 3. The molecule has 96 valence electrons. The van der Waals surface area contributed by atoms with Crippen LogP contribution >= 0.6 is 11.3 Å². The predicted molar refractivity (Wildman–Crippen MR) is 70.5 cm³/mol. The van der Waals surface area contributed by atoms with Gasteiger partial charge < -0.3 is 10.3 Å². The zero-order valence-electron chi connectivity index (χ0n) is 10.5. The molecule has 1 saturated carbocycles. The van der Waals surface area contributed by atoms with E-state index in [1.807, 2.05) is 0 Å². The second-order valence-corrected chi connectivity index (χ2v) is 6.44. The van der Waals surface area contributed by atoms with Gasteiger partial charge in [0.15, 0.2) is 5.82 Å². The minimum Gasteiger partial charge on any atom is -0.339 e. The van der Waals surface area contributed by atoms with Crippen LogP contribution in [0.5, 0.6) is 0 Å². The molecule has 0 aliphatic heterocycles. The van der Waals surface area contributed by atoms with Crippen LogP contribution in [0.1, 0.15) is 47.2 Å². The van der Waals surface area contributed by atoms with Gasteiger partial charge >= 0.3 is 0 Å². The Morgan fingerprint density at radius 2 is 2.17 bits per heavy atom. The van der Waals surface area contributed by atoms with Crippen molar-refractivity contribution in [2.75, 3.05) is 0 Å². The van der Waals surface area contributed by atoms with Crippen LogP contribution in [0, 0.1) is 6.92 Å². The first kappa shape index (κ1) is 11.9. The Morgan fingerprint density at radius 3 is 2.83 bits per heavy atom. The SMILES string of the molecule is Cc1ccc(Cc2nc(C3(N)CCCC3)no2)s1. The van der Waals surface area contributed by atoms with Gasteiger partial charge in [-0.05, 0) is 31.9 Å². The van der Waals surface area contributed by atoms with Crippen molar-refractivity contribution in [2.45, 2.75) is 44.6 Å². The van der Waals surface area contributed by atoms with Crippen molar-refractivity contribution in [1.82, 2.24) is 10.1 Å². The van der Waals surface area contributed by atoms with E-state index in [1.165, 1.54) is 9.75 Å². The van der Waals surface area contributed by atoms with Crippen LogP contribution in [-0.2, 0) is 12.0 Å². The fraction of sp³-hybridized carbons (Fsp3) is 0.538. The van der Waals surface area contributed by atoms with Gasteiger partial charge in [0.2, 0.25) is 5.89 Å². The minimum absolute atomic E-state index is 0.354. The second-order valence-electron chi connectivity index (χ2n) is 5.06. The van der Waals surface area contributed by atoms with Crippen LogP contribution in [0.3, 0.4) is 0 Å². The van der Waals surface area contributed by atoms with Crippen LogP contribution < -0.4 is 5.73 Å². The largest absolute Gasteiger partial charge is 0.339 e. The van der Waals surface area contributed by atoms with Crippen molar-refractivity contribution < 1.29 is 4.52 Å². The minimum atomic E-state index is -0.354. The smallest absolute Gasteiger partial charge is 0.231 e. The molecular formula is C13H17N3OS. The number of aromatic nitrogens is 2. The van der Waals surface area contributed by atoms with E-state index < -0.39 is 0 Å². The summed E-state index contributed by atoms with van der Waals surface area (Å²) in [5, 5.41) is 4.07. The molecule has 1 fully saturated rings. The van der Waals surface area contributed by atoms with Crippen molar-refractivity contribution in [2.24, 2.45) is 5.73 Å². The summed E-state index contributed by atoms with van der Waals surface area (Å²) in [6.45, 7) is 2.10. The van der Waals surface area contributed by atoms with Crippen molar-refractivity contribution in [3.8, 4) is 0 Å². The summed E-state index contributed by atoms with van der Waals surface area (Å²) in [4.78, 5) is 7.02. The first-order valence-electron chi connectivity index (χ1n) is 6.33.